The van der Waals surface area contributed by atoms with Crippen LogP contribution < -0.4 is 9.84 Å². The van der Waals surface area contributed by atoms with E-state index in [1.54, 1.807) is 30.3 Å². The summed E-state index contributed by atoms with van der Waals surface area (Å²) in [5, 5.41) is 13.9. The number of ketones is 1. The fraction of sp³-hybridized carbons (Fsp3) is 0.439. The maximum atomic E-state index is 13.2. The molecule has 1 aliphatic rings. The van der Waals surface area contributed by atoms with Crippen molar-refractivity contribution in [2.24, 2.45) is 29.1 Å². The van der Waals surface area contributed by atoms with Crippen LogP contribution in [-0.4, -0.2) is 35.1 Å². The van der Waals surface area contributed by atoms with Crippen molar-refractivity contribution in [3.05, 3.63) is 114 Å². The van der Waals surface area contributed by atoms with Crippen molar-refractivity contribution in [3.8, 4) is 5.75 Å². The Morgan fingerprint density at radius 2 is 1.49 bits per heavy atom. The van der Waals surface area contributed by atoms with E-state index in [0.717, 1.165) is 11.1 Å². The van der Waals surface area contributed by atoms with Gasteiger partial charge in [-0.2, -0.15) is 0 Å². The van der Waals surface area contributed by atoms with Gasteiger partial charge in [-0.15, -0.1) is 6.58 Å². The second-order valence-electron chi connectivity index (χ2n) is 13.7. The fourth-order valence-electron chi connectivity index (χ4n) is 6.95. The van der Waals surface area contributed by atoms with Crippen molar-refractivity contribution in [2.75, 3.05) is 0 Å². The molecule has 1 saturated carbocycles. The number of nitrogens with one attached hydrogen (secondary N) is 1. The maximum Gasteiger partial charge on any atom is 0.414 e. The van der Waals surface area contributed by atoms with Crippen LogP contribution in [0.2, 0.25) is 0 Å². The first-order valence-corrected chi connectivity index (χ1v) is 18.9. The quantitative estimate of drug-likeness (QED) is 0.125. The zero-order chi connectivity index (χ0) is 37.0. The van der Waals surface area contributed by atoms with E-state index in [-0.39, 0.29) is 35.0 Å². The number of amides is 2. The summed E-state index contributed by atoms with van der Waals surface area (Å²) in [6.07, 6.45) is 1.26. The highest BCUT2D eigenvalue weighted by Crippen LogP contribution is 2.45. The van der Waals surface area contributed by atoms with Gasteiger partial charge in [-0.1, -0.05) is 101 Å². The molecule has 3 aromatic rings. The molecule has 4 rings (SSSR count). The zero-order valence-electron chi connectivity index (χ0n) is 30.3. The molecule has 1 aliphatic carbocycles. The molecule has 51 heavy (non-hydrogen) atoms. The summed E-state index contributed by atoms with van der Waals surface area (Å²) < 4.78 is 24.1. The van der Waals surface area contributed by atoms with E-state index in [4.69, 9.17) is 18.3 Å². The van der Waals surface area contributed by atoms with Crippen molar-refractivity contribution < 1.29 is 37.8 Å². The number of aliphatic hydroxyl groups is 1. The highest BCUT2D eigenvalue weighted by molar-refractivity contribution is 7.42. The van der Waals surface area contributed by atoms with Crippen molar-refractivity contribution >= 4 is 26.4 Å². The molecule has 7 atom stereocenters. The first-order valence-electron chi connectivity index (χ1n) is 17.8. The van der Waals surface area contributed by atoms with Crippen LogP contribution in [0.3, 0.4) is 0 Å². The molecule has 2 N–H and O–H groups in total. The number of carbonyl (C=O) groups is 3. The Hall–Kier alpha value is -3.88. The van der Waals surface area contributed by atoms with Gasteiger partial charge in [0.15, 0.2) is 0 Å². The number of alkyl carbamates (subject to hydrolysis) is 1. The summed E-state index contributed by atoms with van der Waals surface area (Å²) in [4.78, 5) is 39.4. The standard InChI is InChI=1S/C41H52NO8P/c1-7-34-28(4)24-35(36(43)8-2)29(5)38(44)41(6,9-3)25-37(34)49-40(46)42-39(45)32-20-22-33(23-21-32)50-51(47-26-30-16-12-10-13-17-30)48-27-31-18-14-11-15-19-31/h9-23,28-29,34-35,37-38,44H,3,7-8,24-27H2,1-2,4-6H3,(H,42,45,46)/t28?,29-,34?,35?,37-,38?,41-/m1/s1. The number of carbonyl (C=O) groups excluding carboxylic acids is 3. The Kier molecular flexibility index (Phi) is 14.9. The van der Waals surface area contributed by atoms with Crippen LogP contribution in [0.4, 0.5) is 4.79 Å². The number of imide groups is 1. The minimum atomic E-state index is -1.79. The molecule has 0 radical (unpaired) electrons. The molecule has 10 heteroatoms. The molecule has 0 spiro atoms. The maximum absolute atomic E-state index is 13.2. The lowest BCUT2D eigenvalue weighted by molar-refractivity contribution is -0.127. The van der Waals surface area contributed by atoms with Gasteiger partial charge >= 0.3 is 14.7 Å². The molecule has 0 aliphatic heterocycles. The fourth-order valence-corrected chi connectivity index (χ4v) is 7.93. The highest BCUT2D eigenvalue weighted by atomic mass is 31.2. The predicted molar refractivity (Wildman–Crippen MR) is 199 cm³/mol. The second kappa shape index (κ2) is 19.1. The molecular formula is C41H52NO8P. The Morgan fingerprint density at radius 1 is 0.922 bits per heavy atom. The SMILES string of the molecule is C=C[C@]1(C)C[C@@H](OC(=O)NC(=O)c2ccc(OP(OCc3ccccc3)OCc3ccccc3)cc2)C(CC)C(C)CC(C(=O)CC)[C@@H](C)C1O. The molecule has 3 aromatic carbocycles. The molecule has 274 valence electrons. The van der Waals surface area contributed by atoms with Crippen LogP contribution >= 0.6 is 8.60 Å². The Balaban J connectivity index is 1.42. The summed E-state index contributed by atoms with van der Waals surface area (Å²) in [7, 11) is -1.79. The summed E-state index contributed by atoms with van der Waals surface area (Å²) >= 11 is 0. The van der Waals surface area contributed by atoms with Crippen LogP contribution in [0.5, 0.6) is 5.75 Å². The van der Waals surface area contributed by atoms with Gasteiger partial charge in [-0.3, -0.25) is 24.0 Å². The summed E-state index contributed by atoms with van der Waals surface area (Å²) in [5.41, 5.74) is 1.35. The number of aliphatic hydroxyl groups excluding tert-OH is 1. The highest BCUT2D eigenvalue weighted by Gasteiger charge is 2.46. The van der Waals surface area contributed by atoms with Crippen molar-refractivity contribution in [1.29, 1.82) is 0 Å². The monoisotopic (exact) mass is 717 g/mol. The van der Waals surface area contributed by atoms with E-state index < -0.39 is 38.2 Å². The minimum Gasteiger partial charge on any atom is -0.446 e. The average Bonchev–Trinajstić information content (AvgIpc) is 3.17. The van der Waals surface area contributed by atoms with Gasteiger partial charge < -0.3 is 14.4 Å². The smallest absolute Gasteiger partial charge is 0.414 e. The normalized spacial score (nSPS) is 25.2. The van der Waals surface area contributed by atoms with Gasteiger partial charge in [0.05, 0.1) is 19.3 Å². The number of ether oxygens (including phenoxy) is 1. The predicted octanol–water partition coefficient (Wildman–Crippen LogP) is 9.20. The summed E-state index contributed by atoms with van der Waals surface area (Å²) in [5.74, 6) is -0.785. The average molecular weight is 718 g/mol. The Morgan fingerprint density at radius 3 is 2.00 bits per heavy atom. The van der Waals surface area contributed by atoms with Crippen molar-refractivity contribution in [3.63, 3.8) is 0 Å². The molecule has 4 unspecified atom stereocenters. The molecule has 9 nitrogen and oxygen atoms in total. The summed E-state index contributed by atoms with van der Waals surface area (Å²) in [6, 6.07) is 25.8. The van der Waals surface area contributed by atoms with E-state index in [2.05, 4.69) is 18.8 Å². The zero-order valence-corrected chi connectivity index (χ0v) is 31.2. The van der Waals surface area contributed by atoms with E-state index >= 15 is 0 Å². The number of hydrogen-bond donors (Lipinski definition) is 2. The number of rotatable bonds is 14. The molecule has 0 saturated heterocycles. The number of benzene rings is 3. The van der Waals surface area contributed by atoms with Crippen LogP contribution in [0, 0.1) is 29.1 Å². The lowest BCUT2D eigenvalue weighted by Gasteiger charge is -2.39. The van der Waals surface area contributed by atoms with Gasteiger partial charge in [0.2, 0.25) is 0 Å². The lowest BCUT2D eigenvalue weighted by Crippen LogP contribution is -2.44. The van der Waals surface area contributed by atoms with Gasteiger partial charge in [0.25, 0.3) is 5.91 Å². The lowest BCUT2D eigenvalue weighted by atomic mass is 9.70. The van der Waals surface area contributed by atoms with Gasteiger partial charge in [-0.05, 0) is 72.4 Å². The first-order chi connectivity index (χ1) is 24.5. The summed E-state index contributed by atoms with van der Waals surface area (Å²) in [6.45, 7) is 14.3. The largest absolute Gasteiger partial charge is 0.446 e. The van der Waals surface area contributed by atoms with Gasteiger partial charge in [0.1, 0.15) is 17.6 Å². The minimum absolute atomic E-state index is 0.0252. The van der Waals surface area contributed by atoms with E-state index in [1.165, 1.54) is 0 Å². The van der Waals surface area contributed by atoms with Crippen LogP contribution in [0.1, 0.15) is 81.8 Å². The Labute approximate surface area is 303 Å². The van der Waals surface area contributed by atoms with E-state index in [0.29, 0.717) is 44.6 Å². The molecule has 0 heterocycles. The third-order valence-electron chi connectivity index (χ3n) is 10.1. The molecule has 0 aromatic heterocycles. The second-order valence-corrected chi connectivity index (χ2v) is 14.8. The van der Waals surface area contributed by atoms with Crippen molar-refractivity contribution in [2.45, 2.75) is 85.7 Å². The van der Waals surface area contributed by atoms with Crippen LogP contribution in [-0.2, 0) is 31.8 Å². The van der Waals surface area contributed by atoms with Gasteiger partial charge in [0, 0.05) is 23.3 Å². The van der Waals surface area contributed by atoms with Crippen LogP contribution in [0.25, 0.3) is 0 Å². The molecule has 0 bridgehead atoms. The molecule has 2 amide bonds. The molecular weight excluding hydrogens is 665 g/mol. The molecule has 1 fully saturated rings. The van der Waals surface area contributed by atoms with Crippen LogP contribution in [0.15, 0.2) is 97.6 Å². The number of Topliss-reactive ketones (excluding diaryl/α,β-unsaturated/α-hetero) is 1. The third-order valence-corrected chi connectivity index (χ3v) is 11.2. The van der Waals surface area contributed by atoms with E-state index in [9.17, 15) is 19.5 Å². The first kappa shape index (κ1) is 39.9. The number of hydrogen-bond acceptors (Lipinski definition) is 8. The Bertz CT molecular complexity index is 1530. The van der Waals surface area contributed by atoms with Gasteiger partial charge in [-0.25, -0.2) is 4.79 Å². The van der Waals surface area contributed by atoms with Crippen molar-refractivity contribution in [1.82, 2.24) is 5.32 Å². The van der Waals surface area contributed by atoms with E-state index in [1.807, 2.05) is 88.4 Å². The topological polar surface area (TPSA) is 120 Å². The third kappa shape index (κ3) is 11.1.